The van der Waals surface area contributed by atoms with Gasteiger partial charge in [-0.25, -0.2) is 4.21 Å². The summed E-state index contributed by atoms with van der Waals surface area (Å²) in [6, 6.07) is 0. The van der Waals surface area contributed by atoms with E-state index < -0.39 is 25.2 Å². The molecular weight excluding hydrogens is 176 g/mol. The van der Waals surface area contributed by atoms with Crippen LogP contribution in [0.25, 0.3) is 0 Å². The summed E-state index contributed by atoms with van der Waals surface area (Å²) in [5.41, 5.74) is 0. The lowest BCUT2D eigenvalue weighted by atomic mass is 10.6. The first kappa shape index (κ1) is 7.64. The minimum absolute atomic E-state index is 0.451. The van der Waals surface area contributed by atoms with Gasteiger partial charge in [-0.1, -0.05) is 6.08 Å². The zero-order valence-corrected chi connectivity index (χ0v) is 6.35. The van der Waals surface area contributed by atoms with Crippen LogP contribution in [0.4, 0.5) is 0 Å². The van der Waals surface area contributed by atoms with E-state index in [1.807, 2.05) is 0 Å². The predicted octanol–water partition coefficient (Wildman–Crippen LogP) is -0.00840. The van der Waals surface area contributed by atoms with Gasteiger partial charge in [-0.3, -0.25) is 4.55 Å². The molecule has 0 aromatic rings. The molecule has 0 saturated heterocycles. The molecule has 0 amide bonds. The maximum Gasteiger partial charge on any atom is 0.303 e. The molecule has 1 heterocycles. The second kappa shape index (κ2) is 2.30. The van der Waals surface area contributed by atoms with Crippen molar-refractivity contribution in [3.63, 3.8) is 0 Å². The molecule has 1 aliphatic rings. The van der Waals surface area contributed by atoms with Crippen LogP contribution in [0.15, 0.2) is 21.8 Å². The fraction of sp³-hybridized carbons (Fsp3) is 0. The first-order chi connectivity index (χ1) is 4.52. The van der Waals surface area contributed by atoms with Crippen molar-refractivity contribution in [2.24, 2.45) is 0 Å². The van der Waals surface area contributed by atoms with Crippen molar-refractivity contribution in [1.82, 2.24) is 0 Å². The molecule has 0 spiro atoms. The van der Waals surface area contributed by atoms with Crippen LogP contribution < -0.4 is 0 Å². The van der Waals surface area contributed by atoms with Crippen LogP contribution in [0.1, 0.15) is 0 Å². The SMILES string of the molecule is O=S1C=CC=C1S(=O)(=O)O. The van der Waals surface area contributed by atoms with E-state index in [-0.39, 0.29) is 0 Å². The summed E-state index contributed by atoms with van der Waals surface area (Å²) in [7, 11) is -5.94. The molecule has 4 nitrogen and oxygen atoms in total. The molecule has 0 saturated carbocycles. The van der Waals surface area contributed by atoms with Crippen LogP contribution in [-0.4, -0.2) is 17.2 Å². The van der Waals surface area contributed by atoms with Crippen LogP contribution in [-0.2, 0) is 20.9 Å². The highest BCUT2D eigenvalue weighted by molar-refractivity contribution is 8.10. The van der Waals surface area contributed by atoms with Crippen LogP contribution in [0, 0.1) is 0 Å². The van der Waals surface area contributed by atoms with Gasteiger partial charge in [0.2, 0.25) is 0 Å². The Morgan fingerprint density at radius 1 is 1.50 bits per heavy atom. The zero-order valence-electron chi connectivity index (χ0n) is 4.72. The second-order valence-corrected chi connectivity index (χ2v) is 4.54. The lowest BCUT2D eigenvalue weighted by Gasteiger charge is -1.92. The molecule has 1 N–H and O–H groups in total. The van der Waals surface area contributed by atoms with E-state index in [4.69, 9.17) is 4.55 Å². The van der Waals surface area contributed by atoms with Crippen molar-refractivity contribution >= 4 is 20.9 Å². The molecule has 0 bridgehead atoms. The molecule has 1 unspecified atom stereocenters. The summed E-state index contributed by atoms with van der Waals surface area (Å²) in [5.74, 6) is 0. The van der Waals surface area contributed by atoms with Gasteiger partial charge in [0.05, 0.1) is 10.8 Å². The maximum atomic E-state index is 10.6. The van der Waals surface area contributed by atoms with Gasteiger partial charge in [-0.2, -0.15) is 8.42 Å². The average Bonchev–Trinajstić information content (AvgIpc) is 2.11. The smallest absolute Gasteiger partial charge is 0.281 e. The van der Waals surface area contributed by atoms with Crippen molar-refractivity contribution < 1.29 is 17.2 Å². The van der Waals surface area contributed by atoms with E-state index >= 15 is 0 Å². The summed E-state index contributed by atoms with van der Waals surface area (Å²) >= 11 is 0. The van der Waals surface area contributed by atoms with Crippen molar-refractivity contribution in [2.75, 3.05) is 0 Å². The van der Waals surface area contributed by atoms with Crippen LogP contribution >= 0.6 is 0 Å². The zero-order chi connectivity index (χ0) is 7.78. The fourth-order valence-electron chi connectivity index (χ4n) is 0.513. The standard InChI is InChI=1S/C4H4O4S2/c5-9-3-1-2-4(9)10(6,7)8/h1-3H,(H,6,7,8). The Hall–Kier alpha value is -0.460. The van der Waals surface area contributed by atoms with Crippen molar-refractivity contribution in [1.29, 1.82) is 0 Å². The highest BCUT2D eigenvalue weighted by Crippen LogP contribution is 2.16. The topological polar surface area (TPSA) is 71.4 Å². The quantitative estimate of drug-likeness (QED) is 0.576. The molecule has 10 heavy (non-hydrogen) atoms. The minimum atomic E-state index is -4.25. The van der Waals surface area contributed by atoms with Gasteiger partial charge in [0.15, 0.2) is 4.24 Å². The third-order valence-corrected chi connectivity index (χ3v) is 3.59. The molecule has 0 aromatic carbocycles. The lowest BCUT2D eigenvalue weighted by molar-refractivity contribution is 0.493. The van der Waals surface area contributed by atoms with Crippen LogP contribution in [0.3, 0.4) is 0 Å². The van der Waals surface area contributed by atoms with Crippen molar-refractivity contribution in [3.05, 3.63) is 21.8 Å². The second-order valence-electron chi connectivity index (χ2n) is 1.59. The summed E-state index contributed by atoms with van der Waals surface area (Å²) in [6.45, 7) is 0. The Kier molecular flexibility index (Phi) is 1.76. The summed E-state index contributed by atoms with van der Waals surface area (Å²) < 4.78 is 39.1. The molecule has 1 atom stereocenters. The minimum Gasteiger partial charge on any atom is -0.281 e. The van der Waals surface area contributed by atoms with Gasteiger partial charge in [0.1, 0.15) is 0 Å². The van der Waals surface area contributed by atoms with Gasteiger partial charge in [0.25, 0.3) is 0 Å². The highest BCUT2D eigenvalue weighted by atomic mass is 32.3. The number of allylic oxidation sites excluding steroid dienone is 2. The first-order valence-electron chi connectivity index (χ1n) is 2.28. The van der Waals surface area contributed by atoms with E-state index in [9.17, 15) is 12.6 Å². The predicted molar refractivity (Wildman–Crippen MR) is 36.9 cm³/mol. The maximum absolute atomic E-state index is 10.6. The summed E-state index contributed by atoms with van der Waals surface area (Å²) in [4.78, 5) is 0. The Morgan fingerprint density at radius 2 is 2.10 bits per heavy atom. The first-order valence-corrected chi connectivity index (χ1v) is 4.93. The Morgan fingerprint density at radius 3 is 2.30 bits per heavy atom. The molecular formula is C4H4O4S2. The van der Waals surface area contributed by atoms with E-state index in [0.29, 0.717) is 0 Å². The lowest BCUT2D eigenvalue weighted by Crippen LogP contribution is -2.03. The van der Waals surface area contributed by atoms with E-state index in [0.717, 1.165) is 6.08 Å². The molecule has 0 aromatic heterocycles. The van der Waals surface area contributed by atoms with E-state index in [1.165, 1.54) is 11.5 Å². The molecule has 1 rings (SSSR count). The van der Waals surface area contributed by atoms with Gasteiger partial charge in [-0.05, 0) is 6.08 Å². The molecule has 1 aliphatic heterocycles. The number of hydrogen-bond donors (Lipinski definition) is 1. The van der Waals surface area contributed by atoms with E-state index in [2.05, 4.69) is 0 Å². The molecule has 56 valence electrons. The Balaban J connectivity index is 3.12. The highest BCUT2D eigenvalue weighted by Gasteiger charge is 2.20. The van der Waals surface area contributed by atoms with E-state index in [1.54, 1.807) is 0 Å². The van der Waals surface area contributed by atoms with Gasteiger partial charge in [0, 0.05) is 5.41 Å². The Bertz CT molecular complexity index is 321. The molecule has 0 aliphatic carbocycles. The van der Waals surface area contributed by atoms with Gasteiger partial charge < -0.3 is 0 Å². The normalized spacial score (nSPS) is 24.9. The van der Waals surface area contributed by atoms with Crippen molar-refractivity contribution in [3.8, 4) is 0 Å². The third kappa shape index (κ3) is 1.34. The molecule has 6 heteroatoms. The number of rotatable bonds is 1. The molecule has 0 fully saturated rings. The average molecular weight is 180 g/mol. The van der Waals surface area contributed by atoms with Crippen molar-refractivity contribution in [2.45, 2.75) is 0 Å². The summed E-state index contributed by atoms with van der Waals surface area (Å²) in [6.07, 6.45) is 2.42. The number of hydrogen-bond acceptors (Lipinski definition) is 3. The van der Waals surface area contributed by atoms with Crippen LogP contribution in [0.5, 0.6) is 0 Å². The summed E-state index contributed by atoms with van der Waals surface area (Å²) in [5, 5.41) is 1.18. The monoisotopic (exact) mass is 180 g/mol. The molecule has 0 radical (unpaired) electrons. The Labute approximate surface area is 60.5 Å². The third-order valence-electron chi connectivity index (χ3n) is 0.887. The van der Waals surface area contributed by atoms with Gasteiger partial charge in [-0.15, -0.1) is 0 Å². The fourth-order valence-corrected chi connectivity index (χ4v) is 2.33. The largest absolute Gasteiger partial charge is 0.303 e. The van der Waals surface area contributed by atoms with Crippen LogP contribution in [0.2, 0.25) is 0 Å². The van der Waals surface area contributed by atoms with Gasteiger partial charge >= 0.3 is 10.1 Å².